The first-order valence-corrected chi connectivity index (χ1v) is 11.2. The summed E-state index contributed by atoms with van der Waals surface area (Å²) in [5.41, 5.74) is 3.18. The van der Waals surface area contributed by atoms with Gasteiger partial charge in [0, 0.05) is 23.9 Å². The maximum atomic E-state index is 13.4. The lowest BCUT2D eigenvalue weighted by atomic mass is 9.98. The van der Waals surface area contributed by atoms with Crippen molar-refractivity contribution in [1.82, 2.24) is 4.98 Å². The second-order valence-electron chi connectivity index (χ2n) is 7.77. The predicted molar refractivity (Wildman–Crippen MR) is 127 cm³/mol. The van der Waals surface area contributed by atoms with Crippen molar-refractivity contribution < 1.29 is 9.53 Å². The van der Waals surface area contributed by atoms with Gasteiger partial charge in [0.15, 0.2) is 5.78 Å². The van der Waals surface area contributed by atoms with Gasteiger partial charge in [-0.3, -0.25) is 4.79 Å². The molecule has 0 atom stereocenters. The van der Waals surface area contributed by atoms with Gasteiger partial charge in [0.05, 0.1) is 5.56 Å². The van der Waals surface area contributed by atoms with Crippen LogP contribution >= 0.6 is 0 Å². The van der Waals surface area contributed by atoms with E-state index in [0.29, 0.717) is 23.6 Å². The van der Waals surface area contributed by atoms with Crippen LogP contribution in [-0.4, -0.2) is 17.3 Å². The molecule has 4 nitrogen and oxygen atoms in total. The molecule has 3 rings (SSSR count). The van der Waals surface area contributed by atoms with Crippen LogP contribution in [0.25, 0.3) is 0 Å². The topological polar surface area (TPSA) is 51.2 Å². The number of nitrogens with zero attached hydrogens (tertiary/aromatic N) is 1. The highest BCUT2D eigenvalue weighted by molar-refractivity contribution is 6.12. The molecule has 0 saturated heterocycles. The first-order valence-electron chi connectivity index (χ1n) is 11.2. The van der Waals surface area contributed by atoms with E-state index in [-0.39, 0.29) is 5.78 Å². The van der Waals surface area contributed by atoms with Crippen molar-refractivity contribution in [2.45, 2.75) is 52.6 Å². The number of ether oxygens (including phenoxy) is 1. The van der Waals surface area contributed by atoms with Gasteiger partial charge >= 0.3 is 0 Å². The number of hydrogen-bond acceptors (Lipinski definition) is 4. The highest BCUT2D eigenvalue weighted by Gasteiger charge is 2.18. The third-order valence-corrected chi connectivity index (χ3v) is 5.39. The summed E-state index contributed by atoms with van der Waals surface area (Å²) in [6.45, 7) is 5.44. The van der Waals surface area contributed by atoms with Crippen LogP contribution in [0.2, 0.25) is 0 Å². The predicted octanol–water partition coefficient (Wildman–Crippen LogP) is 6.58. The van der Waals surface area contributed by atoms with Gasteiger partial charge in [0.25, 0.3) is 0 Å². The maximum Gasteiger partial charge on any atom is 0.197 e. The van der Waals surface area contributed by atoms with Crippen LogP contribution in [0.1, 0.15) is 66.1 Å². The Hall–Kier alpha value is -3.14. The molecule has 0 fully saturated rings. The van der Waals surface area contributed by atoms with Gasteiger partial charge in [-0.1, -0.05) is 75.1 Å². The van der Waals surface area contributed by atoms with Crippen molar-refractivity contribution in [3.8, 4) is 5.75 Å². The molecule has 1 heterocycles. The first kappa shape index (κ1) is 22.5. The largest absolute Gasteiger partial charge is 0.489 e. The molecule has 0 aliphatic rings. The van der Waals surface area contributed by atoms with Crippen LogP contribution in [0.5, 0.6) is 5.75 Å². The Morgan fingerprint density at radius 3 is 2.48 bits per heavy atom. The monoisotopic (exact) mass is 416 g/mol. The van der Waals surface area contributed by atoms with Crippen LogP contribution in [0.15, 0.2) is 66.9 Å². The zero-order valence-electron chi connectivity index (χ0n) is 18.6. The number of hydrogen-bond donors (Lipinski definition) is 1. The molecule has 0 saturated carbocycles. The average Bonchev–Trinajstić information content (AvgIpc) is 2.81. The lowest BCUT2D eigenvalue weighted by Gasteiger charge is -2.14. The SMILES string of the molecule is CCCCCCCNc1ncccc1C(=O)c1cccc(OCc2ccccc2)c1C. The minimum absolute atomic E-state index is 0.0377. The fraction of sp³-hybridized carbons (Fsp3) is 0.333. The highest BCUT2D eigenvalue weighted by Crippen LogP contribution is 2.26. The van der Waals surface area contributed by atoms with Crippen LogP contribution in [0.4, 0.5) is 5.82 Å². The molecule has 0 spiro atoms. The molecule has 1 aromatic heterocycles. The minimum Gasteiger partial charge on any atom is -0.489 e. The smallest absolute Gasteiger partial charge is 0.197 e. The molecular weight excluding hydrogens is 384 g/mol. The molecule has 1 N–H and O–H groups in total. The van der Waals surface area contributed by atoms with E-state index in [1.54, 1.807) is 6.20 Å². The molecule has 0 radical (unpaired) electrons. The lowest BCUT2D eigenvalue weighted by molar-refractivity contribution is 0.103. The second kappa shape index (κ2) is 11.9. The third-order valence-electron chi connectivity index (χ3n) is 5.39. The molecule has 0 unspecified atom stereocenters. The Morgan fingerprint density at radius 1 is 0.903 bits per heavy atom. The van der Waals surface area contributed by atoms with Gasteiger partial charge in [0.2, 0.25) is 0 Å². The quantitative estimate of drug-likeness (QED) is 0.267. The number of rotatable bonds is 12. The average molecular weight is 417 g/mol. The summed E-state index contributed by atoms with van der Waals surface area (Å²) in [5.74, 6) is 1.34. The molecular formula is C27H32N2O2. The van der Waals surface area contributed by atoms with E-state index in [2.05, 4.69) is 17.2 Å². The Balaban J connectivity index is 1.70. The molecule has 0 aliphatic carbocycles. The Kier molecular flexibility index (Phi) is 8.65. The number of benzene rings is 2. The molecule has 0 bridgehead atoms. The Labute approximate surface area is 185 Å². The van der Waals surface area contributed by atoms with Gasteiger partial charge in [-0.15, -0.1) is 0 Å². The number of pyridine rings is 1. The maximum absolute atomic E-state index is 13.4. The number of carbonyl (C=O) groups excluding carboxylic acids is 1. The fourth-order valence-corrected chi connectivity index (χ4v) is 3.56. The van der Waals surface area contributed by atoms with E-state index in [0.717, 1.165) is 29.8 Å². The summed E-state index contributed by atoms with van der Waals surface area (Å²) >= 11 is 0. The van der Waals surface area contributed by atoms with E-state index >= 15 is 0 Å². The number of ketones is 1. The van der Waals surface area contributed by atoms with Gasteiger partial charge < -0.3 is 10.1 Å². The van der Waals surface area contributed by atoms with Crippen molar-refractivity contribution in [1.29, 1.82) is 0 Å². The van der Waals surface area contributed by atoms with E-state index in [4.69, 9.17) is 4.74 Å². The molecule has 0 aliphatic heterocycles. The standard InChI is InChI=1S/C27H32N2O2/c1-3-4-5-6-10-18-28-27-24(16-12-19-29-27)26(30)23-15-11-17-25(21(23)2)31-20-22-13-8-7-9-14-22/h7-9,11-17,19H,3-6,10,18,20H2,1-2H3,(H,28,29). The summed E-state index contributed by atoms with van der Waals surface area (Å²) < 4.78 is 6.01. The fourth-order valence-electron chi connectivity index (χ4n) is 3.56. The van der Waals surface area contributed by atoms with Crippen molar-refractivity contribution in [2.24, 2.45) is 0 Å². The zero-order chi connectivity index (χ0) is 21.9. The third kappa shape index (κ3) is 6.42. The van der Waals surface area contributed by atoms with Crippen molar-refractivity contribution in [3.63, 3.8) is 0 Å². The van der Waals surface area contributed by atoms with E-state index < -0.39 is 0 Å². The van der Waals surface area contributed by atoms with Crippen LogP contribution in [-0.2, 0) is 6.61 Å². The summed E-state index contributed by atoms with van der Waals surface area (Å²) in [7, 11) is 0. The molecule has 31 heavy (non-hydrogen) atoms. The number of anilines is 1. The van der Waals surface area contributed by atoms with E-state index in [1.807, 2.05) is 67.6 Å². The van der Waals surface area contributed by atoms with Crippen LogP contribution < -0.4 is 10.1 Å². The normalized spacial score (nSPS) is 10.6. The number of unbranched alkanes of at least 4 members (excludes halogenated alkanes) is 4. The number of carbonyl (C=O) groups is 1. The molecule has 2 aromatic carbocycles. The van der Waals surface area contributed by atoms with Crippen molar-refractivity contribution >= 4 is 11.6 Å². The van der Waals surface area contributed by atoms with E-state index in [1.165, 1.54) is 25.7 Å². The molecule has 3 aromatic rings. The number of nitrogens with one attached hydrogen (secondary N) is 1. The van der Waals surface area contributed by atoms with Gasteiger partial charge in [-0.05, 0) is 37.1 Å². The summed E-state index contributed by atoms with van der Waals surface area (Å²) in [6.07, 6.45) is 7.75. The van der Waals surface area contributed by atoms with Crippen LogP contribution in [0, 0.1) is 6.92 Å². The van der Waals surface area contributed by atoms with Crippen molar-refractivity contribution in [2.75, 3.05) is 11.9 Å². The Morgan fingerprint density at radius 2 is 1.68 bits per heavy atom. The Bertz CT molecular complexity index is 970. The second-order valence-corrected chi connectivity index (χ2v) is 7.77. The van der Waals surface area contributed by atoms with Crippen LogP contribution in [0.3, 0.4) is 0 Å². The summed E-state index contributed by atoms with van der Waals surface area (Å²) in [4.78, 5) is 17.8. The minimum atomic E-state index is -0.0377. The molecule has 4 heteroatoms. The molecule has 162 valence electrons. The van der Waals surface area contributed by atoms with E-state index in [9.17, 15) is 4.79 Å². The van der Waals surface area contributed by atoms with Gasteiger partial charge in [-0.25, -0.2) is 4.98 Å². The first-order chi connectivity index (χ1) is 15.2. The van der Waals surface area contributed by atoms with Crippen molar-refractivity contribution in [3.05, 3.63) is 89.1 Å². The molecule has 0 amide bonds. The summed E-state index contributed by atoms with van der Waals surface area (Å²) in [5, 5.41) is 3.36. The van der Waals surface area contributed by atoms with Gasteiger partial charge in [-0.2, -0.15) is 0 Å². The van der Waals surface area contributed by atoms with Gasteiger partial charge in [0.1, 0.15) is 18.2 Å². The number of aromatic nitrogens is 1. The summed E-state index contributed by atoms with van der Waals surface area (Å²) in [6, 6.07) is 19.3. The zero-order valence-corrected chi connectivity index (χ0v) is 18.6. The lowest BCUT2D eigenvalue weighted by Crippen LogP contribution is -2.12. The highest BCUT2D eigenvalue weighted by atomic mass is 16.5.